The van der Waals surface area contributed by atoms with Crippen LogP contribution in [-0.4, -0.2) is 16.8 Å². The second kappa shape index (κ2) is 9.01. The van der Waals surface area contributed by atoms with Gasteiger partial charge in [0.2, 0.25) is 11.8 Å². The van der Waals surface area contributed by atoms with Crippen molar-refractivity contribution in [1.29, 1.82) is 0 Å². The Morgan fingerprint density at radius 3 is 2.61 bits per heavy atom. The van der Waals surface area contributed by atoms with Crippen molar-refractivity contribution in [3.05, 3.63) is 75.7 Å². The third-order valence-electron chi connectivity index (χ3n) is 3.62. The molecule has 0 aliphatic rings. The molecule has 0 saturated heterocycles. The van der Waals surface area contributed by atoms with Crippen LogP contribution in [0.4, 0.5) is 16.5 Å². The van der Waals surface area contributed by atoms with Gasteiger partial charge in [0, 0.05) is 23.4 Å². The molecule has 0 bridgehead atoms. The van der Waals surface area contributed by atoms with Gasteiger partial charge in [-0.1, -0.05) is 41.4 Å². The van der Waals surface area contributed by atoms with E-state index in [2.05, 4.69) is 10.3 Å². The third-order valence-corrected chi connectivity index (χ3v) is 5.03. The smallest absolute Gasteiger partial charge is 0.248 e. The topological polar surface area (TPSA) is 62.3 Å². The minimum absolute atomic E-state index is 0.149. The highest BCUT2D eigenvalue weighted by atomic mass is 35.5. The first kappa shape index (κ1) is 20.1. The Kier molecular flexibility index (Phi) is 6.46. The number of hydrogen-bond acceptors (Lipinski definition) is 4. The largest absolute Gasteiger partial charge is 0.321 e. The number of nitrogens with zero attached hydrogens (tertiary/aromatic N) is 2. The van der Waals surface area contributed by atoms with Crippen LogP contribution in [-0.2, 0) is 9.59 Å². The number of rotatable bonds is 5. The molecule has 0 radical (unpaired) electrons. The standard InChI is InChI=1S/C20H15Cl2N3O2S/c1-13(26)25(16-5-3-2-4-6-16)20-23-15(12-28-20)8-10-19(27)24-18-11-14(21)7-9-17(18)22/h2-12H,1H3,(H,24,27)/b10-8+. The van der Waals surface area contributed by atoms with Crippen molar-refractivity contribution in [2.75, 3.05) is 10.2 Å². The van der Waals surface area contributed by atoms with Gasteiger partial charge in [-0.15, -0.1) is 11.3 Å². The molecule has 1 aromatic heterocycles. The highest BCUT2D eigenvalue weighted by molar-refractivity contribution is 7.14. The van der Waals surface area contributed by atoms with Crippen LogP contribution in [0.1, 0.15) is 12.6 Å². The van der Waals surface area contributed by atoms with Crippen molar-refractivity contribution in [3.63, 3.8) is 0 Å². The summed E-state index contributed by atoms with van der Waals surface area (Å²) in [4.78, 5) is 30.2. The highest BCUT2D eigenvalue weighted by Crippen LogP contribution is 2.29. The third kappa shape index (κ3) is 4.98. The normalized spacial score (nSPS) is 10.8. The summed E-state index contributed by atoms with van der Waals surface area (Å²) >= 11 is 13.3. The zero-order valence-electron chi connectivity index (χ0n) is 14.7. The zero-order chi connectivity index (χ0) is 20.1. The van der Waals surface area contributed by atoms with Crippen molar-refractivity contribution >= 4 is 68.9 Å². The Balaban J connectivity index is 1.73. The van der Waals surface area contributed by atoms with Gasteiger partial charge in [0.15, 0.2) is 5.13 Å². The fraction of sp³-hybridized carbons (Fsp3) is 0.0500. The van der Waals surface area contributed by atoms with Crippen LogP contribution in [0, 0.1) is 0 Å². The average Bonchev–Trinajstić information content (AvgIpc) is 3.12. The number of carbonyl (C=O) groups excluding carboxylic acids is 2. The van der Waals surface area contributed by atoms with Gasteiger partial charge in [-0.3, -0.25) is 14.5 Å². The molecule has 8 heteroatoms. The lowest BCUT2D eigenvalue weighted by molar-refractivity contribution is -0.116. The molecular formula is C20H15Cl2N3O2S. The Morgan fingerprint density at radius 2 is 1.89 bits per heavy atom. The quantitative estimate of drug-likeness (QED) is 0.520. The predicted octanol–water partition coefficient (Wildman–Crippen LogP) is 5.79. The first-order valence-electron chi connectivity index (χ1n) is 8.19. The molecule has 0 saturated carbocycles. The molecule has 3 rings (SSSR count). The second-order valence-electron chi connectivity index (χ2n) is 5.69. The first-order valence-corrected chi connectivity index (χ1v) is 9.83. The maximum Gasteiger partial charge on any atom is 0.248 e. The Labute approximate surface area is 176 Å². The molecule has 1 N–H and O–H groups in total. The molecule has 0 unspecified atom stereocenters. The number of anilines is 3. The van der Waals surface area contributed by atoms with Crippen molar-refractivity contribution in [1.82, 2.24) is 4.98 Å². The van der Waals surface area contributed by atoms with E-state index in [0.29, 0.717) is 26.6 Å². The molecule has 5 nitrogen and oxygen atoms in total. The molecular weight excluding hydrogens is 417 g/mol. The number of amides is 2. The van der Waals surface area contributed by atoms with Crippen LogP contribution < -0.4 is 10.2 Å². The van der Waals surface area contributed by atoms with E-state index in [1.807, 2.05) is 30.3 Å². The van der Waals surface area contributed by atoms with Crippen molar-refractivity contribution in [3.8, 4) is 0 Å². The molecule has 2 aromatic carbocycles. The van der Waals surface area contributed by atoms with E-state index in [1.54, 1.807) is 29.7 Å². The number of hydrogen-bond donors (Lipinski definition) is 1. The van der Waals surface area contributed by atoms with E-state index in [4.69, 9.17) is 23.2 Å². The van der Waals surface area contributed by atoms with Crippen LogP contribution in [0.25, 0.3) is 6.08 Å². The average molecular weight is 432 g/mol. The Hall–Kier alpha value is -2.67. The number of halogens is 2. The van der Waals surface area contributed by atoms with Crippen molar-refractivity contribution in [2.24, 2.45) is 0 Å². The Morgan fingerprint density at radius 1 is 1.14 bits per heavy atom. The van der Waals surface area contributed by atoms with Crippen LogP contribution >= 0.6 is 34.5 Å². The minimum Gasteiger partial charge on any atom is -0.321 e. The molecule has 0 fully saturated rings. The van der Waals surface area contributed by atoms with E-state index < -0.39 is 0 Å². The summed E-state index contributed by atoms with van der Waals surface area (Å²) in [6, 6.07) is 14.1. The number of carbonyl (C=O) groups is 2. The summed E-state index contributed by atoms with van der Waals surface area (Å²) < 4.78 is 0. The number of thiazole rings is 1. The summed E-state index contributed by atoms with van der Waals surface area (Å²) in [5.41, 5.74) is 1.72. The fourth-order valence-corrected chi connectivity index (χ4v) is 3.58. The summed E-state index contributed by atoms with van der Waals surface area (Å²) in [5, 5.41) is 5.82. The van der Waals surface area contributed by atoms with Gasteiger partial charge in [0.25, 0.3) is 0 Å². The van der Waals surface area contributed by atoms with E-state index in [-0.39, 0.29) is 11.8 Å². The summed E-state index contributed by atoms with van der Waals surface area (Å²) in [6.45, 7) is 1.48. The molecule has 2 amide bonds. The van der Waals surface area contributed by atoms with E-state index >= 15 is 0 Å². The van der Waals surface area contributed by atoms with Gasteiger partial charge in [0.05, 0.1) is 22.1 Å². The van der Waals surface area contributed by atoms with Crippen molar-refractivity contribution < 1.29 is 9.59 Å². The lowest BCUT2D eigenvalue weighted by Gasteiger charge is -2.17. The maximum atomic E-state index is 12.1. The van der Waals surface area contributed by atoms with E-state index in [0.717, 1.165) is 5.69 Å². The van der Waals surface area contributed by atoms with Gasteiger partial charge in [-0.25, -0.2) is 4.98 Å². The van der Waals surface area contributed by atoms with Crippen molar-refractivity contribution in [2.45, 2.75) is 6.92 Å². The first-order chi connectivity index (χ1) is 13.4. The fourth-order valence-electron chi connectivity index (χ4n) is 2.39. The van der Waals surface area contributed by atoms with E-state index in [1.165, 1.54) is 29.2 Å². The monoisotopic (exact) mass is 431 g/mol. The number of para-hydroxylation sites is 1. The molecule has 1 heterocycles. The van der Waals surface area contributed by atoms with E-state index in [9.17, 15) is 9.59 Å². The number of aromatic nitrogens is 1. The van der Waals surface area contributed by atoms with Gasteiger partial charge in [-0.2, -0.15) is 0 Å². The SMILES string of the molecule is CC(=O)N(c1ccccc1)c1nc(/C=C/C(=O)Nc2cc(Cl)ccc2Cl)cs1. The van der Waals surface area contributed by atoms with Gasteiger partial charge in [-0.05, 0) is 36.4 Å². The van der Waals surface area contributed by atoms with Gasteiger partial charge in [0.1, 0.15) is 0 Å². The molecule has 142 valence electrons. The summed E-state index contributed by atoms with van der Waals surface area (Å²) in [5.74, 6) is -0.519. The summed E-state index contributed by atoms with van der Waals surface area (Å²) in [7, 11) is 0. The lowest BCUT2D eigenvalue weighted by Crippen LogP contribution is -2.22. The summed E-state index contributed by atoms with van der Waals surface area (Å²) in [6.07, 6.45) is 2.91. The second-order valence-corrected chi connectivity index (χ2v) is 7.37. The minimum atomic E-state index is -0.370. The molecule has 0 aliphatic carbocycles. The number of nitrogens with one attached hydrogen (secondary N) is 1. The van der Waals surface area contributed by atoms with Gasteiger partial charge >= 0.3 is 0 Å². The van der Waals surface area contributed by atoms with Crippen LogP contribution in [0.5, 0.6) is 0 Å². The molecule has 0 spiro atoms. The lowest BCUT2D eigenvalue weighted by atomic mass is 10.3. The molecule has 0 atom stereocenters. The zero-order valence-corrected chi connectivity index (χ0v) is 17.1. The van der Waals surface area contributed by atoms with Crippen LogP contribution in [0.3, 0.4) is 0 Å². The predicted molar refractivity (Wildman–Crippen MR) is 116 cm³/mol. The molecule has 3 aromatic rings. The molecule has 28 heavy (non-hydrogen) atoms. The molecule has 0 aliphatic heterocycles. The number of benzene rings is 2. The maximum absolute atomic E-state index is 12.1. The van der Waals surface area contributed by atoms with Crippen LogP contribution in [0.15, 0.2) is 60.0 Å². The van der Waals surface area contributed by atoms with Crippen LogP contribution in [0.2, 0.25) is 10.0 Å². The Bertz CT molecular complexity index is 1030. The highest BCUT2D eigenvalue weighted by Gasteiger charge is 2.17. The van der Waals surface area contributed by atoms with Gasteiger partial charge < -0.3 is 5.32 Å².